The molecule has 1 aliphatic carbocycles. The zero-order valence-electron chi connectivity index (χ0n) is 11.2. The van der Waals surface area contributed by atoms with Crippen molar-refractivity contribution in [2.75, 3.05) is 17.7 Å². The second kappa shape index (κ2) is 4.76. The van der Waals surface area contributed by atoms with Crippen molar-refractivity contribution in [3.63, 3.8) is 0 Å². The fourth-order valence-electron chi connectivity index (χ4n) is 2.47. The molecule has 1 saturated carbocycles. The van der Waals surface area contributed by atoms with E-state index in [-0.39, 0.29) is 29.1 Å². The Balaban J connectivity index is 2.06. The Morgan fingerprint density at radius 2 is 2.22 bits per heavy atom. The van der Waals surface area contributed by atoms with E-state index in [1.807, 2.05) is 13.0 Å². The molecule has 3 N–H and O–H groups in total. The highest BCUT2D eigenvalue weighted by atomic mass is 19.1. The summed E-state index contributed by atoms with van der Waals surface area (Å²) >= 11 is 0. The molecule has 2 unspecified atom stereocenters. The lowest BCUT2D eigenvalue weighted by Crippen LogP contribution is -2.58. The van der Waals surface area contributed by atoms with Crippen molar-refractivity contribution >= 4 is 11.4 Å². The third-order valence-corrected chi connectivity index (χ3v) is 3.93. The van der Waals surface area contributed by atoms with Gasteiger partial charge in [0.1, 0.15) is 5.82 Å². The molecular weight excluding hydrogens is 231 g/mol. The number of hydrogen-bond acceptors (Lipinski definition) is 3. The third kappa shape index (κ3) is 2.17. The number of nitrogens with two attached hydrogens (primary N) is 1. The normalized spacial score (nSPS) is 25.6. The minimum absolute atomic E-state index is 0.0365. The maximum atomic E-state index is 13.4. The van der Waals surface area contributed by atoms with Crippen LogP contribution in [-0.4, -0.2) is 18.8 Å². The summed E-state index contributed by atoms with van der Waals surface area (Å²) in [7, 11) is 0. The van der Waals surface area contributed by atoms with Crippen molar-refractivity contribution in [1.29, 1.82) is 0 Å². The van der Waals surface area contributed by atoms with E-state index in [2.05, 4.69) is 19.2 Å². The van der Waals surface area contributed by atoms with Gasteiger partial charge in [-0.2, -0.15) is 0 Å². The minimum atomic E-state index is -0.376. The molecule has 0 spiro atoms. The van der Waals surface area contributed by atoms with Crippen LogP contribution in [0.5, 0.6) is 0 Å². The summed E-state index contributed by atoms with van der Waals surface area (Å²) in [5.74, 6) is -0.376. The first kappa shape index (κ1) is 13.1. The number of halogens is 1. The van der Waals surface area contributed by atoms with Crippen LogP contribution < -0.4 is 11.1 Å². The van der Waals surface area contributed by atoms with Gasteiger partial charge in [-0.25, -0.2) is 4.39 Å². The van der Waals surface area contributed by atoms with Crippen molar-refractivity contribution in [3.05, 3.63) is 24.0 Å². The van der Waals surface area contributed by atoms with Crippen LogP contribution in [0.2, 0.25) is 0 Å². The number of benzene rings is 1. The zero-order valence-corrected chi connectivity index (χ0v) is 11.2. The molecule has 1 fully saturated rings. The Labute approximate surface area is 108 Å². The summed E-state index contributed by atoms with van der Waals surface area (Å²) in [6.45, 7) is 7.04. The summed E-state index contributed by atoms with van der Waals surface area (Å²) in [5.41, 5.74) is 6.62. The highest BCUT2D eigenvalue weighted by molar-refractivity contribution is 5.67. The van der Waals surface area contributed by atoms with Gasteiger partial charge in [-0.05, 0) is 25.5 Å². The maximum absolute atomic E-state index is 13.4. The van der Waals surface area contributed by atoms with Crippen LogP contribution in [0.4, 0.5) is 15.8 Å². The standard InChI is InChI=1S/C14H21FN2O/c1-4-18-12-8-11(14(12,2)3)17-10-7-5-6-9(15)13(10)16/h5-7,11-12,17H,4,8,16H2,1-3H3. The summed E-state index contributed by atoms with van der Waals surface area (Å²) in [6.07, 6.45) is 1.19. The first-order valence-corrected chi connectivity index (χ1v) is 6.39. The second-order valence-electron chi connectivity index (χ2n) is 5.40. The predicted octanol–water partition coefficient (Wildman–Crippen LogP) is 3.02. The Bertz CT molecular complexity index is 434. The summed E-state index contributed by atoms with van der Waals surface area (Å²) in [4.78, 5) is 0. The zero-order chi connectivity index (χ0) is 13.3. The number of ether oxygens (including phenoxy) is 1. The quantitative estimate of drug-likeness (QED) is 0.810. The van der Waals surface area contributed by atoms with Gasteiger partial charge in [-0.15, -0.1) is 0 Å². The van der Waals surface area contributed by atoms with Crippen LogP contribution >= 0.6 is 0 Å². The van der Waals surface area contributed by atoms with Gasteiger partial charge in [0.05, 0.1) is 17.5 Å². The van der Waals surface area contributed by atoms with E-state index in [4.69, 9.17) is 10.5 Å². The van der Waals surface area contributed by atoms with Crippen LogP contribution in [0.3, 0.4) is 0 Å². The number of rotatable bonds is 4. The monoisotopic (exact) mass is 252 g/mol. The molecular formula is C14H21FN2O. The van der Waals surface area contributed by atoms with Crippen LogP contribution in [-0.2, 0) is 4.74 Å². The maximum Gasteiger partial charge on any atom is 0.148 e. The smallest absolute Gasteiger partial charge is 0.148 e. The molecule has 0 aliphatic heterocycles. The molecule has 0 radical (unpaired) electrons. The van der Waals surface area contributed by atoms with Crippen molar-refractivity contribution in [1.82, 2.24) is 0 Å². The fourth-order valence-corrected chi connectivity index (χ4v) is 2.47. The van der Waals surface area contributed by atoms with Gasteiger partial charge < -0.3 is 15.8 Å². The molecule has 1 aromatic carbocycles. The molecule has 1 aliphatic rings. The molecule has 1 aromatic rings. The third-order valence-electron chi connectivity index (χ3n) is 3.93. The van der Waals surface area contributed by atoms with Crippen LogP contribution in [0.1, 0.15) is 27.2 Å². The van der Waals surface area contributed by atoms with Crippen molar-refractivity contribution in [3.8, 4) is 0 Å². The lowest BCUT2D eigenvalue weighted by Gasteiger charge is -2.52. The highest BCUT2D eigenvalue weighted by Gasteiger charge is 2.49. The molecule has 0 amide bonds. The topological polar surface area (TPSA) is 47.3 Å². The number of para-hydroxylation sites is 1. The molecule has 18 heavy (non-hydrogen) atoms. The van der Waals surface area contributed by atoms with Crippen molar-refractivity contribution < 1.29 is 9.13 Å². The van der Waals surface area contributed by atoms with Gasteiger partial charge in [0.25, 0.3) is 0 Å². The highest BCUT2D eigenvalue weighted by Crippen LogP contribution is 2.44. The summed E-state index contributed by atoms with van der Waals surface area (Å²) in [6, 6.07) is 5.11. The molecule has 2 rings (SSSR count). The minimum Gasteiger partial charge on any atom is -0.395 e. The number of hydrogen-bond donors (Lipinski definition) is 2. The van der Waals surface area contributed by atoms with Gasteiger partial charge in [0, 0.05) is 18.1 Å². The average molecular weight is 252 g/mol. The van der Waals surface area contributed by atoms with Crippen LogP contribution in [0.15, 0.2) is 18.2 Å². The molecule has 3 nitrogen and oxygen atoms in total. The molecule has 0 heterocycles. The predicted molar refractivity (Wildman–Crippen MR) is 72.0 cm³/mol. The Morgan fingerprint density at radius 1 is 1.50 bits per heavy atom. The fraction of sp³-hybridized carbons (Fsp3) is 0.571. The van der Waals surface area contributed by atoms with Gasteiger partial charge in [0.15, 0.2) is 0 Å². The van der Waals surface area contributed by atoms with E-state index >= 15 is 0 Å². The summed E-state index contributed by atoms with van der Waals surface area (Å²) < 4.78 is 19.0. The molecule has 0 bridgehead atoms. The molecule has 2 atom stereocenters. The molecule has 100 valence electrons. The van der Waals surface area contributed by atoms with Gasteiger partial charge in [-0.3, -0.25) is 0 Å². The first-order chi connectivity index (χ1) is 8.46. The molecule has 0 saturated heterocycles. The number of anilines is 2. The van der Waals surface area contributed by atoms with Gasteiger partial charge in [-0.1, -0.05) is 19.9 Å². The van der Waals surface area contributed by atoms with Crippen LogP contribution in [0.25, 0.3) is 0 Å². The first-order valence-electron chi connectivity index (χ1n) is 6.39. The van der Waals surface area contributed by atoms with Crippen molar-refractivity contribution in [2.24, 2.45) is 5.41 Å². The number of nitrogen functional groups attached to an aromatic ring is 1. The lowest BCUT2D eigenvalue weighted by molar-refractivity contribution is -0.0975. The SMILES string of the molecule is CCOC1CC(Nc2cccc(F)c2N)C1(C)C. The second-order valence-corrected chi connectivity index (χ2v) is 5.40. The van der Waals surface area contributed by atoms with E-state index in [1.165, 1.54) is 6.07 Å². The van der Waals surface area contributed by atoms with E-state index in [9.17, 15) is 4.39 Å². The van der Waals surface area contributed by atoms with Crippen LogP contribution in [0, 0.1) is 11.2 Å². The van der Waals surface area contributed by atoms with Crippen molar-refractivity contribution in [2.45, 2.75) is 39.3 Å². The van der Waals surface area contributed by atoms with E-state index in [1.54, 1.807) is 6.07 Å². The van der Waals surface area contributed by atoms with E-state index in [0.717, 1.165) is 13.0 Å². The Morgan fingerprint density at radius 3 is 2.83 bits per heavy atom. The summed E-state index contributed by atoms with van der Waals surface area (Å²) in [5, 5.41) is 3.32. The Hall–Kier alpha value is -1.29. The van der Waals surface area contributed by atoms with E-state index in [0.29, 0.717) is 5.69 Å². The largest absolute Gasteiger partial charge is 0.395 e. The Kier molecular flexibility index (Phi) is 3.48. The van der Waals surface area contributed by atoms with E-state index < -0.39 is 0 Å². The van der Waals surface area contributed by atoms with Gasteiger partial charge in [0.2, 0.25) is 0 Å². The molecule has 4 heteroatoms. The number of nitrogens with one attached hydrogen (secondary N) is 1. The average Bonchev–Trinajstić information content (AvgIpc) is 2.33. The van der Waals surface area contributed by atoms with Gasteiger partial charge >= 0.3 is 0 Å². The lowest BCUT2D eigenvalue weighted by atomic mass is 9.64. The molecule has 0 aromatic heterocycles.